The topological polar surface area (TPSA) is 76.7 Å². The zero-order chi connectivity index (χ0) is 16.6. The average molecular weight is 318 g/mol. The van der Waals surface area contributed by atoms with E-state index in [9.17, 15) is 9.59 Å². The van der Waals surface area contributed by atoms with Crippen LogP contribution in [0.2, 0.25) is 0 Å². The summed E-state index contributed by atoms with van der Waals surface area (Å²) in [6.07, 6.45) is 2.64. The van der Waals surface area contributed by atoms with Crippen LogP contribution in [0.5, 0.6) is 11.5 Å². The molecule has 2 atom stereocenters. The maximum absolute atomic E-state index is 12.5. The van der Waals surface area contributed by atoms with E-state index < -0.39 is 0 Å². The van der Waals surface area contributed by atoms with Crippen molar-refractivity contribution in [2.24, 2.45) is 5.92 Å². The summed E-state index contributed by atoms with van der Waals surface area (Å²) in [5, 5.41) is 5.96. The number of carbonyl (C=O) groups is 2. The van der Waals surface area contributed by atoms with E-state index in [1.807, 2.05) is 6.92 Å². The first kappa shape index (κ1) is 15.6. The molecule has 2 bridgehead atoms. The summed E-state index contributed by atoms with van der Waals surface area (Å²) in [6.45, 7) is 2.33. The van der Waals surface area contributed by atoms with E-state index >= 15 is 0 Å². The van der Waals surface area contributed by atoms with Crippen LogP contribution in [0.25, 0.3) is 0 Å². The van der Waals surface area contributed by atoms with Crippen LogP contribution >= 0.6 is 0 Å². The summed E-state index contributed by atoms with van der Waals surface area (Å²) in [7, 11) is 3.13. The van der Waals surface area contributed by atoms with Crippen LogP contribution in [-0.2, 0) is 4.79 Å². The predicted molar refractivity (Wildman–Crippen MR) is 84.8 cm³/mol. The number of fused-ring (bicyclic) bond motifs is 2. The van der Waals surface area contributed by atoms with Gasteiger partial charge in [0, 0.05) is 23.6 Å². The maximum atomic E-state index is 12.5. The molecule has 1 aliphatic carbocycles. The molecule has 0 aromatic heterocycles. The van der Waals surface area contributed by atoms with Gasteiger partial charge in [0.05, 0.1) is 19.8 Å². The molecule has 2 amide bonds. The summed E-state index contributed by atoms with van der Waals surface area (Å²) in [4.78, 5) is 24.2. The number of rotatable bonds is 5. The SMILES string of the molecule is COc1cc(C(=O)NCC23CCC(C2)C(=O)N3)cc(OC)c1C. The van der Waals surface area contributed by atoms with Gasteiger partial charge in [0.15, 0.2) is 0 Å². The minimum Gasteiger partial charge on any atom is -0.496 e. The van der Waals surface area contributed by atoms with Gasteiger partial charge in [-0.1, -0.05) is 0 Å². The van der Waals surface area contributed by atoms with Crippen LogP contribution in [0.4, 0.5) is 0 Å². The van der Waals surface area contributed by atoms with Crippen molar-refractivity contribution in [3.63, 3.8) is 0 Å². The molecule has 1 heterocycles. The van der Waals surface area contributed by atoms with E-state index in [4.69, 9.17) is 9.47 Å². The van der Waals surface area contributed by atoms with E-state index in [2.05, 4.69) is 10.6 Å². The number of ether oxygens (including phenoxy) is 2. The van der Waals surface area contributed by atoms with Crippen molar-refractivity contribution >= 4 is 11.8 Å². The van der Waals surface area contributed by atoms with Gasteiger partial charge in [-0.25, -0.2) is 0 Å². The fraction of sp³-hybridized carbons (Fsp3) is 0.529. The minimum atomic E-state index is -0.268. The number of methoxy groups -OCH3 is 2. The highest BCUT2D eigenvalue weighted by Gasteiger charge is 2.49. The molecular formula is C17H22N2O4. The molecule has 0 spiro atoms. The summed E-state index contributed by atoms with van der Waals surface area (Å²) in [5.41, 5.74) is 1.07. The summed E-state index contributed by atoms with van der Waals surface area (Å²) < 4.78 is 10.6. The average Bonchev–Trinajstić information content (AvgIpc) is 3.10. The Morgan fingerprint density at radius 1 is 1.35 bits per heavy atom. The van der Waals surface area contributed by atoms with Gasteiger partial charge in [0.1, 0.15) is 11.5 Å². The molecule has 6 heteroatoms. The molecule has 3 rings (SSSR count). The van der Waals surface area contributed by atoms with Crippen LogP contribution < -0.4 is 20.1 Å². The van der Waals surface area contributed by atoms with Gasteiger partial charge in [0.25, 0.3) is 5.91 Å². The number of carbonyl (C=O) groups excluding carboxylic acids is 2. The third kappa shape index (κ3) is 2.73. The molecule has 1 aliphatic heterocycles. The van der Waals surface area contributed by atoms with E-state index in [1.54, 1.807) is 26.4 Å². The fourth-order valence-corrected chi connectivity index (χ4v) is 3.60. The monoisotopic (exact) mass is 318 g/mol. The maximum Gasteiger partial charge on any atom is 0.251 e. The van der Waals surface area contributed by atoms with Crippen molar-refractivity contribution in [2.75, 3.05) is 20.8 Å². The number of amides is 2. The quantitative estimate of drug-likeness (QED) is 0.860. The standard InChI is InChI=1S/C17H22N2O4/c1-10-13(22-2)6-12(7-14(10)23-3)15(20)18-9-17-5-4-11(8-17)16(21)19-17/h6-7,11H,4-5,8-9H2,1-3H3,(H,18,20)(H,19,21). The molecule has 23 heavy (non-hydrogen) atoms. The van der Waals surface area contributed by atoms with Crippen LogP contribution in [-0.4, -0.2) is 38.1 Å². The lowest BCUT2D eigenvalue weighted by Crippen LogP contribution is -2.51. The molecular weight excluding hydrogens is 296 g/mol. The highest BCUT2D eigenvalue weighted by molar-refractivity contribution is 5.95. The molecule has 0 radical (unpaired) electrons. The Bertz CT molecular complexity index is 633. The van der Waals surface area contributed by atoms with Crippen molar-refractivity contribution in [1.82, 2.24) is 10.6 Å². The highest BCUT2D eigenvalue weighted by Crippen LogP contribution is 2.40. The Morgan fingerprint density at radius 2 is 2.00 bits per heavy atom. The number of piperidine rings is 1. The third-order valence-electron chi connectivity index (χ3n) is 4.97. The second-order valence-electron chi connectivity index (χ2n) is 6.40. The van der Waals surface area contributed by atoms with E-state index in [0.29, 0.717) is 23.6 Å². The zero-order valence-electron chi connectivity index (χ0n) is 13.7. The lowest BCUT2D eigenvalue weighted by Gasteiger charge is -2.27. The van der Waals surface area contributed by atoms with E-state index in [-0.39, 0.29) is 23.3 Å². The van der Waals surface area contributed by atoms with Gasteiger partial charge in [-0.05, 0) is 38.3 Å². The molecule has 2 unspecified atom stereocenters. The predicted octanol–water partition coefficient (Wildman–Crippen LogP) is 1.41. The van der Waals surface area contributed by atoms with Gasteiger partial charge in [-0.15, -0.1) is 0 Å². The second-order valence-corrected chi connectivity index (χ2v) is 6.40. The molecule has 2 aliphatic rings. The van der Waals surface area contributed by atoms with Gasteiger partial charge >= 0.3 is 0 Å². The normalized spacial score (nSPS) is 25.2. The lowest BCUT2D eigenvalue weighted by atomic mass is 9.99. The van der Waals surface area contributed by atoms with Crippen LogP contribution in [0.15, 0.2) is 12.1 Å². The Hall–Kier alpha value is -2.24. The molecule has 2 fully saturated rings. The minimum absolute atomic E-state index is 0.115. The number of nitrogens with one attached hydrogen (secondary N) is 2. The second kappa shape index (κ2) is 5.76. The Balaban J connectivity index is 1.72. The van der Waals surface area contributed by atoms with Crippen molar-refractivity contribution < 1.29 is 19.1 Å². The van der Waals surface area contributed by atoms with Crippen LogP contribution in [0, 0.1) is 12.8 Å². The van der Waals surface area contributed by atoms with Gasteiger partial charge in [-0.2, -0.15) is 0 Å². The number of hydrogen-bond donors (Lipinski definition) is 2. The molecule has 6 nitrogen and oxygen atoms in total. The summed E-state index contributed by atoms with van der Waals surface area (Å²) in [6, 6.07) is 3.41. The number of benzene rings is 1. The van der Waals surface area contributed by atoms with Crippen LogP contribution in [0.3, 0.4) is 0 Å². The first-order chi connectivity index (χ1) is 11.0. The molecule has 2 N–H and O–H groups in total. The first-order valence-electron chi connectivity index (χ1n) is 7.81. The van der Waals surface area contributed by atoms with Gasteiger partial charge in [-0.3, -0.25) is 9.59 Å². The Labute approximate surface area is 135 Å². The summed E-state index contributed by atoms with van der Waals surface area (Å²) >= 11 is 0. The smallest absolute Gasteiger partial charge is 0.251 e. The third-order valence-corrected chi connectivity index (χ3v) is 4.97. The number of hydrogen-bond acceptors (Lipinski definition) is 4. The lowest BCUT2D eigenvalue weighted by molar-refractivity contribution is -0.124. The fourth-order valence-electron chi connectivity index (χ4n) is 3.60. The van der Waals surface area contributed by atoms with Gasteiger partial charge in [0.2, 0.25) is 5.91 Å². The van der Waals surface area contributed by atoms with Gasteiger partial charge < -0.3 is 20.1 Å². The van der Waals surface area contributed by atoms with Crippen molar-refractivity contribution in [2.45, 2.75) is 31.7 Å². The Kier molecular flexibility index (Phi) is 3.92. The molecule has 1 saturated carbocycles. The van der Waals surface area contributed by atoms with Crippen molar-refractivity contribution in [3.8, 4) is 11.5 Å². The Morgan fingerprint density at radius 3 is 2.48 bits per heavy atom. The largest absolute Gasteiger partial charge is 0.496 e. The van der Waals surface area contributed by atoms with Crippen molar-refractivity contribution in [3.05, 3.63) is 23.3 Å². The molecule has 1 aromatic rings. The van der Waals surface area contributed by atoms with Crippen LogP contribution in [0.1, 0.15) is 35.2 Å². The first-order valence-corrected chi connectivity index (χ1v) is 7.81. The van der Waals surface area contributed by atoms with E-state index in [1.165, 1.54) is 0 Å². The molecule has 1 aromatic carbocycles. The molecule has 1 saturated heterocycles. The highest BCUT2D eigenvalue weighted by atomic mass is 16.5. The summed E-state index contributed by atoms with van der Waals surface area (Å²) in [5.74, 6) is 1.27. The zero-order valence-corrected chi connectivity index (χ0v) is 13.7. The molecule has 124 valence electrons. The van der Waals surface area contributed by atoms with E-state index in [0.717, 1.165) is 24.8 Å². The van der Waals surface area contributed by atoms with Crippen molar-refractivity contribution in [1.29, 1.82) is 0 Å².